The normalized spacial score (nSPS) is 14.9. The Bertz CT molecular complexity index is 505. The van der Waals surface area contributed by atoms with Crippen LogP contribution in [0.2, 0.25) is 0 Å². The number of nitrogens with zero attached hydrogens (tertiary/aromatic N) is 3. The first-order valence-electron chi connectivity index (χ1n) is 5.61. The zero-order valence-corrected chi connectivity index (χ0v) is 10.8. The molecular formula is C12H12BrN3O. The van der Waals surface area contributed by atoms with Crippen molar-refractivity contribution in [2.24, 2.45) is 5.92 Å². The van der Waals surface area contributed by atoms with Crippen LogP contribution in [0.1, 0.15) is 12.8 Å². The quantitative estimate of drug-likeness (QED) is 0.870. The van der Waals surface area contributed by atoms with Gasteiger partial charge >= 0.3 is 0 Å². The fourth-order valence-electron chi connectivity index (χ4n) is 1.51. The summed E-state index contributed by atoms with van der Waals surface area (Å²) in [7, 11) is 0. The van der Waals surface area contributed by atoms with Crippen molar-refractivity contribution in [1.29, 1.82) is 0 Å². The molecule has 0 bridgehead atoms. The number of aromatic nitrogens is 3. The first kappa shape index (κ1) is 10.8. The molecule has 1 aliphatic carbocycles. The van der Waals surface area contributed by atoms with Gasteiger partial charge in [0.2, 0.25) is 0 Å². The van der Waals surface area contributed by atoms with Crippen LogP contribution in [0.5, 0.6) is 5.75 Å². The molecule has 3 rings (SSSR count). The topological polar surface area (TPSA) is 39.9 Å². The van der Waals surface area contributed by atoms with E-state index in [0.29, 0.717) is 0 Å². The average Bonchev–Trinajstić information content (AvgIpc) is 3.06. The molecule has 2 aromatic rings. The molecule has 0 amide bonds. The molecule has 0 N–H and O–H groups in total. The van der Waals surface area contributed by atoms with Crippen LogP contribution in [-0.4, -0.2) is 21.4 Å². The van der Waals surface area contributed by atoms with Gasteiger partial charge in [-0.2, -0.15) is 5.10 Å². The van der Waals surface area contributed by atoms with Crippen molar-refractivity contribution >= 4 is 15.9 Å². The van der Waals surface area contributed by atoms with Gasteiger partial charge in [-0.1, -0.05) is 0 Å². The number of hydrogen-bond acceptors (Lipinski definition) is 3. The molecule has 2 heterocycles. The average molecular weight is 294 g/mol. The van der Waals surface area contributed by atoms with Gasteiger partial charge in [-0.25, -0.2) is 9.67 Å². The minimum atomic E-state index is 0.754. The molecule has 5 heteroatoms. The molecule has 0 unspecified atom stereocenters. The second-order valence-electron chi connectivity index (χ2n) is 4.21. The van der Waals surface area contributed by atoms with Crippen LogP contribution in [0.3, 0.4) is 0 Å². The van der Waals surface area contributed by atoms with Crippen molar-refractivity contribution in [3.8, 4) is 11.6 Å². The summed E-state index contributed by atoms with van der Waals surface area (Å²) < 4.78 is 8.31. The molecule has 0 spiro atoms. The van der Waals surface area contributed by atoms with Crippen molar-refractivity contribution in [2.45, 2.75) is 12.8 Å². The van der Waals surface area contributed by atoms with Crippen molar-refractivity contribution in [3.05, 3.63) is 35.2 Å². The molecule has 0 saturated heterocycles. The second kappa shape index (κ2) is 4.49. The highest BCUT2D eigenvalue weighted by atomic mass is 79.9. The smallest absolute Gasteiger partial charge is 0.157 e. The lowest BCUT2D eigenvalue weighted by molar-refractivity contribution is 0.299. The number of halogens is 1. The van der Waals surface area contributed by atoms with Gasteiger partial charge in [-0.15, -0.1) is 0 Å². The summed E-state index contributed by atoms with van der Waals surface area (Å²) in [6.45, 7) is 0.805. The van der Waals surface area contributed by atoms with Gasteiger partial charge in [0.05, 0.1) is 19.0 Å². The van der Waals surface area contributed by atoms with E-state index >= 15 is 0 Å². The molecule has 0 atom stereocenters. The second-order valence-corrected chi connectivity index (χ2v) is 5.13. The lowest BCUT2D eigenvalue weighted by Crippen LogP contribution is -1.98. The SMILES string of the molecule is Brc1ccc(-n2cc(OCC3CC3)cn2)nc1. The van der Waals surface area contributed by atoms with Gasteiger partial charge < -0.3 is 4.74 Å². The van der Waals surface area contributed by atoms with Crippen LogP contribution in [0.15, 0.2) is 35.2 Å². The Labute approximate surface area is 108 Å². The number of ether oxygens (including phenoxy) is 1. The van der Waals surface area contributed by atoms with Crippen LogP contribution in [0.4, 0.5) is 0 Å². The number of rotatable bonds is 4. The first-order chi connectivity index (χ1) is 8.31. The predicted octanol–water partition coefficient (Wildman–Crippen LogP) is 2.82. The monoisotopic (exact) mass is 293 g/mol. The fraction of sp³-hybridized carbons (Fsp3) is 0.333. The van der Waals surface area contributed by atoms with Crippen LogP contribution >= 0.6 is 15.9 Å². The summed E-state index contributed by atoms with van der Waals surface area (Å²) in [5.74, 6) is 2.35. The van der Waals surface area contributed by atoms with E-state index in [1.54, 1.807) is 17.1 Å². The summed E-state index contributed by atoms with van der Waals surface area (Å²) in [5.41, 5.74) is 0. The number of hydrogen-bond donors (Lipinski definition) is 0. The molecule has 2 aromatic heterocycles. The van der Waals surface area contributed by atoms with Gasteiger partial charge in [0.25, 0.3) is 0 Å². The Balaban J connectivity index is 1.72. The molecule has 1 fully saturated rings. The van der Waals surface area contributed by atoms with E-state index in [-0.39, 0.29) is 0 Å². The third kappa shape index (κ3) is 2.66. The van der Waals surface area contributed by atoms with Crippen LogP contribution in [0, 0.1) is 5.92 Å². The minimum Gasteiger partial charge on any atom is -0.490 e. The maximum absolute atomic E-state index is 5.64. The molecule has 1 aliphatic rings. The predicted molar refractivity (Wildman–Crippen MR) is 67.3 cm³/mol. The van der Waals surface area contributed by atoms with Crippen molar-refractivity contribution in [3.63, 3.8) is 0 Å². The van der Waals surface area contributed by atoms with E-state index in [2.05, 4.69) is 26.0 Å². The molecule has 0 radical (unpaired) electrons. The molecule has 88 valence electrons. The van der Waals surface area contributed by atoms with Gasteiger partial charge in [0, 0.05) is 10.7 Å². The van der Waals surface area contributed by atoms with E-state index in [9.17, 15) is 0 Å². The third-order valence-corrected chi connectivity index (χ3v) is 3.16. The molecule has 0 aromatic carbocycles. The van der Waals surface area contributed by atoms with E-state index in [1.807, 2.05) is 18.3 Å². The molecule has 0 aliphatic heterocycles. The zero-order valence-electron chi connectivity index (χ0n) is 9.21. The Morgan fingerprint density at radius 1 is 1.35 bits per heavy atom. The van der Waals surface area contributed by atoms with Gasteiger partial charge in [0.15, 0.2) is 11.6 Å². The minimum absolute atomic E-state index is 0.754. The summed E-state index contributed by atoms with van der Waals surface area (Å²) in [6, 6.07) is 3.84. The van der Waals surface area contributed by atoms with E-state index in [0.717, 1.165) is 28.6 Å². The highest BCUT2D eigenvalue weighted by molar-refractivity contribution is 9.10. The first-order valence-corrected chi connectivity index (χ1v) is 6.40. The largest absolute Gasteiger partial charge is 0.490 e. The van der Waals surface area contributed by atoms with Crippen molar-refractivity contribution < 1.29 is 4.74 Å². The third-order valence-electron chi connectivity index (χ3n) is 2.69. The van der Waals surface area contributed by atoms with E-state index in [1.165, 1.54) is 12.8 Å². The lowest BCUT2D eigenvalue weighted by atomic mass is 10.4. The molecule has 1 saturated carbocycles. The molecule has 17 heavy (non-hydrogen) atoms. The van der Waals surface area contributed by atoms with Crippen molar-refractivity contribution in [1.82, 2.24) is 14.8 Å². The number of pyridine rings is 1. The van der Waals surface area contributed by atoms with Crippen LogP contribution in [0.25, 0.3) is 5.82 Å². The van der Waals surface area contributed by atoms with Crippen molar-refractivity contribution in [2.75, 3.05) is 6.61 Å². The summed E-state index contributed by atoms with van der Waals surface area (Å²) >= 11 is 3.35. The van der Waals surface area contributed by atoms with Crippen LogP contribution < -0.4 is 4.74 Å². The maximum atomic E-state index is 5.64. The zero-order chi connectivity index (χ0) is 11.7. The molecular weight excluding hydrogens is 282 g/mol. The summed E-state index contributed by atoms with van der Waals surface area (Å²) in [4.78, 5) is 4.27. The maximum Gasteiger partial charge on any atom is 0.157 e. The molecule has 4 nitrogen and oxygen atoms in total. The Morgan fingerprint density at radius 3 is 2.94 bits per heavy atom. The Morgan fingerprint density at radius 2 is 2.24 bits per heavy atom. The van der Waals surface area contributed by atoms with E-state index in [4.69, 9.17) is 4.74 Å². The van der Waals surface area contributed by atoms with Gasteiger partial charge in [-0.05, 0) is 46.8 Å². The highest BCUT2D eigenvalue weighted by Crippen LogP contribution is 2.29. The summed E-state index contributed by atoms with van der Waals surface area (Å²) in [5, 5.41) is 4.23. The fourth-order valence-corrected chi connectivity index (χ4v) is 1.74. The van der Waals surface area contributed by atoms with E-state index < -0.39 is 0 Å². The lowest BCUT2D eigenvalue weighted by Gasteiger charge is -2.01. The Hall–Kier alpha value is -1.36. The van der Waals surface area contributed by atoms with Gasteiger partial charge in [0.1, 0.15) is 0 Å². The Kier molecular flexibility index (Phi) is 2.84. The van der Waals surface area contributed by atoms with Gasteiger partial charge in [-0.3, -0.25) is 0 Å². The van der Waals surface area contributed by atoms with Crippen LogP contribution in [-0.2, 0) is 0 Å². The standard InChI is InChI=1S/C12H12BrN3O/c13-10-3-4-12(14-5-10)16-7-11(6-15-16)17-8-9-1-2-9/h3-7,9H,1-2,8H2. The summed E-state index contributed by atoms with van der Waals surface area (Å²) in [6.07, 6.45) is 7.93. The highest BCUT2D eigenvalue weighted by Gasteiger charge is 2.22.